The first-order valence-corrected chi connectivity index (χ1v) is 6.78. The van der Waals surface area contributed by atoms with Crippen LogP contribution in [0.25, 0.3) is 0 Å². The Labute approximate surface area is 125 Å². The van der Waals surface area contributed by atoms with Crippen molar-refractivity contribution in [1.82, 2.24) is 5.32 Å². The van der Waals surface area contributed by atoms with Crippen LogP contribution in [0.1, 0.15) is 19.4 Å². The summed E-state index contributed by atoms with van der Waals surface area (Å²) >= 11 is 0. The van der Waals surface area contributed by atoms with Gasteiger partial charge in [-0.2, -0.15) is 0 Å². The standard InChI is InChI=1S/C16H22N2O3/c1-5-8-18-16(19)12(3)21-14-7-6-13(9-11(2)17)10-15(14)20-4/h1,6-7,10-12H,8-9,17H2,2-4H3,(H,18,19). The number of methoxy groups -OCH3 is 1. The topological polar surface area (TPSA) is 73.6 Å². The molecule has 0 heterocycles. The Bertz CT molecular complexity index is 521. The number of nitrogens with two attached hydrogens (primary N) is 1. The summed E-state index contributed by atoms with van der Waals surface area (Å²) < 4.78 is 10.9. The molecule has 5 heteroatoms. The average molecular weight is 290 g/mol. The fourth-order valence-corrected chi connectivity index (χ4v) is 1.83. The molecule has 3 N–H and O–H groups in total. The second kappa shape index (κ2) is 8.18. The van der Waals surface area contributed by atoms with E-state index < -0.39 is 6.10 Å². The molecule has 1 amide bonds. The molecule has 0 radical (unpaired) electrons. The van der Waals surface area contributed by atoms with Crippen LogP contribution in [0, 0.1) is 12.3 Å². The number of hydrogen-bond acceptors (Lipinski definition) is 4. The van der Waals surface area contributed by atoms with E-state index >= 15 is 0 Å². The number of hydrogen-bond donors (Lipinski definition) is 2. The van der Waals surface area contributed by atoms with Crippen LogP contribution in [0.15, 0.2) is 18.2 Å². The van der Waals surface area contributed by atoms with Crippen molar-refractivity contribution in [3.05, 3.63) is 23.8 Å². The van der Waals surface area contributed by atoms with E-state index in [4.69, 9.17) is 21.6 Å². The van der Waals surface area contributed by atoms with Crippen molar-refractivity contribution in [2.75, 3.05) is 13.7 Å². The van der Waals surface area contributed by atoms with E-state index in [1.165, 1.54) is 0 Å². The smallest absolute Gasteiger partial charge is 0.261 e. The molecule has 1 aromatic carbocycles. The fraction of sp³-hybridized carbons (Fsp3) is 0.438. The van der Waals surface area contributed by atoms with Crippen molar-refractivity contribution < 1.29 is 14.3 Å². The SMILES string of the molecule is C#CCNC(=O)C(C)Oc1ccc(CC(C)N)cc1OC. The molecule has 1 aromatic rings. The van der Waals surface area contributed by atoms with E-state index in [1.54, 1.807) is 20.1 Å². The zero-order chi connectivity index (χ0) is 15.8. The van der Waals surface area contributed by atoms with Crippen molar-refractivity contribution in [3.63, 3.8) is 0 Å². The number of rotatable bonds is 7. The highest BCUT2D eigenvalue weighted by Gasteiger charge is 2.16. The Morgan fingerprint density at radius 2 is 2.14 bits per heavy atom. The van der Waals surface area contributed by atoms with E-state index in [0.29, 0.717) is 11.5 Å². The normalized spacial score (nSPS) is 12.9. The highest BCUT2D eigenvalue weighted by molar-refractivity contribution is 5.81. The lowest BCUT2D eigenvalue weighted by atomic mass is 10.1. The summed E-state index contributed by atoms with van der Waals surface area (Å²) in [7, 11) is 1.56. The summed E-state index contributed by atoms with van der Waals surface area (Å²) in [5, 5.41) is 2.57. The van der Waals surface area contributed by atoms with Crippen molar-refractivity contribution in [3.8, 4) is 23.8 Å². The van der Waals surface area contributed by atoms with Crippen LogP contribution in [-0.2, 0) is 11.2 Å². The van der Waals surface area contributed by atoms with Crippen LogP contribution in [-0.4, -0.2) is 31.7 Å². The largest absolute Gasteiger partial charge is 0.493 e. The second-order valence-electron chi connectivity index (χ2n) is 4.85. The molecule has 21 heavy (non-hydrogen) atoms. The average Bonchev–Trinajstić information content (AvgIpc) is 2.45. The third kappa shape index (κ3) is 5.36. The molecule has 1 rings (SSSR count). The maximum atomic E-state index is 11.7. The van der Waals surface area contributed by atoms with Crippen LogP contribution in [0.4, 0.5) is 0 Å². The Balaban J connectivity index is 2.78. The number of carbonyl (C=O) groups is 1. The first-order valence-electron chi connectivity index (χ1n) is 6.78. The van der Waals surface area contributed by atoms with Crippen LogP contribution in [0.5, 0.6) is 11.5 Å². The summed E-state index contributed by atoms with van der Waals surface area (Å²) in [6.07, 6.45) is 5.18. The minimum Gasteiger partial charge on any atom is -0.493 e. The zero-order valence-corrected chi connectivity index (χ0v) is 12.7. The van der Waals surface area contributed by atoms with E-state index in [1.807, 2.05) is 19.1 Å². The maximum Gasteiger partial charge on any atom is 0.261 e. The van der Waals surface area contributed by atoms with Crippen LogP contribution in [0.2, 0.25) is 0 Å². The number of nitrogens with one attached hydrogen (secondary N) is 1. The molecule has 2 unspecified atom stereocenters. The first-order chi connectivity index (χ1) is 9.97. The lowest BCUT2D eigenvalue weighted by molar-refractivity contribution is -0.127. The van der Waals surface area contributed by atoms with Gasteiger partial charge >= 0.3 is 0 Å². The molecule has 0 aliphatic rings. The van der Waals surface area contributed by atoms with Gasteiger partial charge in [-0.3, -0.25) is 4.79 Å². The summed E-state index contributed by atoms with van der Waals surface area (Å²) in [5.74, 6) is 3.16. The van der Waals surface area contributed by atoms with Crippen molar-refractivity contribution >= 4 is 5.91 Å². The number of ether oxygens (including phenoxy) is 2. The van der Waals surface area contributed by atoms with Crippen LogP contribution in [0.3, 0.4) is 0 Å². The van der Waals surface area contributed by atoms with E-state index in [0.717, 1.165) is 12.0 Å². The first kappa shape index (κ1) is 16.9. The monoisotopic (exact) mass is 290 g/mol. The minimum absolute atomic E-state index is 0.0648. The molecule has 2 atom stereocenters. The predicted octanol–water partition coefficient (Wildman–Crippen LogP) is 1.10. The zero-order valence-electron chi connectivity index (χ0n) is 12.7. The Morgan fingerprint density at radius 3 is 2.71 bits per heavy atom. The van der Waals surface area contributed by atoms with Crippen LogP contribution < -0.4 is 20.5 Å². The third-order valence-electron chi connectivity index (χ3n) is 2.82. The van der Waals surface area contributed by atoms with Crippen molar-refractivity contribution in [2.45, 2.75) is 32.4 Å². The van der Waals surface area contributed by atoms with Gasteiger partial charge in [0.2, 0.25) is 0 Å². The van der Waals surface area contributed by atoms with Gasteiger partial charge in [-0.25, -0.2) is 0 Å². The van der Waals surface area contributed by atoms with Crippen molar-refractivity contribution in [2.24, 2.45) is 5.73 Å². The number of benzene rings is 1. The summed E-state index contributed by atoms with van der Waals surface area (Å²) in [5.41, 5.74) is 6.83. The lowest BCUT2D eigenvalue weighted by Gasteiger charge is -2.17. The van der Waals surface area contributed by atoms with E-state index in [-0.39, 0.29) is 18.5 Å². The molecular weight excluding hydrogens is 268 g/mol. The number of carbonyl (C=O) groups excluding carboxylic acids is 1. The van der Waals surface area contributed by atoms with Crippen LogP contribution >= 0.6 is 0 Å². The molecule has 114 valence electrons. The fourth-order valence-electron chi connectivity index (χ4n) is 1.83. The lowest BCUT2D eigenvalue weighted by Crippen LogP contribution is -2.36. The third-order valence-corrected chi connectivity index (χ3v) is 2.82. The highest BCUT2D eigenvalue weighted by Crippen LogP contribution is 2.29. The van der Waals surface area contributed by atoms with Gasteiger partial charge in [-0.15, -0.1) is 6.42 Å². The maximum absolute atomic E-state index is 11.7. The van der Waals surface area contributed by atoms with Gasteiger partial charge in [0.05, 0.1) is 13.7 Å². The molecule has 0 saturated carbocycles. The molecule has 0 fully saturated rings. The molecule has 5 nitrogen and oxygen atoms in total. The Morgan fingerprint density at radius 1 is 1.43 bits per heavy atom. The summed E-state index contributed by atoms with van der Waals surface area (Å²) in [4.78, 5) is 11.7. The molecule has 0 saturated heterocycles. The molecule has 0 aromatic heterocycles. The van der Waals surface area contributed by atoms with Gasteiger partial charge in [0.1, 0.15) is 0 Å². The van der Waals surface area contributed by atoms with Gasteiger partial charge in [-0.1, -0.05) is 12.0 Å². The minimum atomic E-state index is -0.661. The van der Waals surface area contributed by atoms with E-state index in [9.17, 15) is 4.79 Å². The van der Waals surface area contributed by atoms with Gasteiger partial charge in [0.25, 0.3) is 5.91 Å². The van der Waals surface area contributed by atoms with Gasteiger partial charge in [0.15, 0.2) is 17.6 Å². The van der Waals surface area contributed by atoms with Crippen molar-refractivity contribution in [1.29, 1.82) is 0 Å². The highest BCUT2D eigenvalue weighted by atomic mass is 16.5. The molecule has 0 bridgehead atoms. The molecule has 0 aliphatic heterocycles. The molecule has 0 aliphatic carbocycles. The quantitative estimate of drug-likeness (QED) is 0.738. The summed E-state index contributed by atoms with van der Waals surface area (Å²) in [6, 6.07) is 5.62. The second-order valence-corrected chi connectivity index (χ2v) is 4.85. The Hall–Kier alpha value is -2.19. The molecule has 0 spiro atoms. The van der Waals surface area contributed by atoms with Gasteiger partial charge in [-0.05, 0) is 38.0 Å². The summed E-state index contributed by atoms with van der Waals surface area (Å²) in [6.45, 7) is 3.77. The Kier molecular flexibility index (Phi) is 6.57. The van der Waals surface area contributed by atoms with Gasteiger partial charge < -0.3 is 20.5 Å². The van der Waals surface area contributed by atoms with Gasteiger partial charge in [0, 0.05) is 6.04 Å². The van der Waals surface area contributed by atoms with E-state index in [2.05, 4.69) is 11.2 Å². The predicted molar refractivity (Wildman–Crippen MR) is 82.3 cm³/mol. The number of amides is 1. The number of terminal acetylenes is 1. The molecular formula is C16H22N2O3.